The number of nitrogens with zero attached hydrogens (tertiary/aromatic N) is 1. The molecule has 1 aromatic heterocycles. The van der Waals surface area contributed by atoms with Gasteiger partial charge in [0, 0.05) is 6.61 Å². The highest BCUT2D eigenvalue weighted by Crippen LogP contribution is 2.36. The van der Waals surface area contributed by atoms with Crippen LogP contribution in [-0.4, -0.2) is 22.7 Å². The van der Waals surface area contributed by atoms with Gasteiger partial charge in [0.1, 0.15) is 16.7 Å². The number of carbonyl (C=O) groups is 1. The number of hydrogen-bond acceptors (Lipinski definition) is 4. The van der Waals surface area contributed by atoms with E-state index >= 15 is 0 Å². The maximum absolute atomic E-state index is 11.1. The summed E-state index contributed by atoms with van der Waals surface area (Å²) in [5.74, 6) is -0.551. The second kappa shape index (κ2) is 3.81. The number of aromatic carboxylic acids is 1. The molecule has 2 aromatic rings. The van der Waals surface area contributed by atoms with Crippen molar-refractivity contribution in [2.75, 3.05) is 6.61 Å². The van der Waals surface area contributed by atoms with Gasteiger partial charge in [0.15, 0.2) is 5.58 Å². The van der Waals surface area contributed by atoms with Crippen LogP contribution in [0.15, 0.2) is 22.6 Å². The normalized spacial score (nSPS) is 23.6. The highest BCUT2D eigenvalue weighted by atomic mass is 16.5. The number of rotatable bonds is 2. The molecule has 5 heteroatoms. The van der Waals surface area contributed by atoms with E-state index in [-0.39, 0.29) is 5.56 Å². The summed E-state index contributed by atoms with van der Waals surface area (Å²) < 4.78 is 11.3. The highest BCUT2D eigenvalue weighted by molar-refractivity contribution is 5.99. The molecule has 0 amide bonds. The van der Waals surface area contributed by atoms with Crippen LogP contribution in [0.5, 0.6) is 0 Å². The largest absolute Gasteiger partial charge is 0.478 e. The molecule has 0 spiro atoms. The SMILES string of the molecule is CC1(c2nc3cccc(C(=O)O)c3o2)CCCO1. The number of fused-ring (bicyclic) bond motifs is 1. The minimum absolute atomic E-state index is 0.132. The fourth-order valence-corrected chi connectivity index (χ4v) is 2.29. The van der Waals surface area contributed by atoms with E-state index in [4.69, 9.17) is 14.3 Å². The molecule has 1 aliphatic heterocycles. The Morgan fingerprint density at radius 3 is 3.00 bits per heavy atom. The Morgan fingerprint density at radius 2 is 2.33 bits per heavy atom. The molecule has 2 heterocycles. The molecule has 0 saturated carbocycles. The Bertz CT molecular complexity index is 610. The Balaban J connectivity index is 2.16. The molecular formula is C13H13NO4. The molecule has 1 unspecified atom stereocenters. The van der Waals surface area contributed by atoms with Crippen LogP contribution in [0.25, 0.3) is 11.1 Å². The molecule has 1 saturated heterocycles. The van der Waals surface area contributed by atoms with Crippen LogP contribution in [0, 0.1) is 0 Å². The number of benzene rings is 1. The molecule has 1 fully saturated rings. The molecule has 94 valence electrons. The summed E-state index contributed by atoms with van der Waals surface area (Å²) in [6.45, 7) is 2.60. The number of hydrogen-bond donors (Lipinski definition) is 1. The zero-order chi connectivity index (χ0) is 12.8. The lowest BCUT2D eigenvalue weighted by atomic mass is 10.0. The number of carboxylic acid groups (broad SMARTS) is 1. The topological polar surface area (TPSA) is 72.6 Å². The first-order valence-corrected chi connectivity index (χ1v) is 5.87. The first kappa shape index (κ1) is 11.2. The Hall–Kier alpha value is -1.88. The third-order valence-corrected chi connectivity index (χ3v) is 3.32. The second-order valence-electron chi connectivity index (χ2n) is 4.66. The lowest BCUT2D eigenvalue weighted by molar-refractivity contribution is -0.00415. The molecule has 3 rings (SSSR count). The maximum atomic E-state index is 11.1. The fourth-order valence-electron chi connectivity index (χ4n) is 2.29. The van der Waals surface area contributed by atoms with E-state index in [1.165, 1.54) is 6.07 Å². The first-order valence-electron chi connectivity index (χ1n) is 5.87. The Kier molecular flexibility index (Phi) is 2.38. The molecule has 18 heavy (non-hydrogen) atoms. The smallest absolute Gasteiger partial charge is 0.339 e. The van der Waals surface area contributed by atoms with Crippen LogP contribution in [0.3, 0.4) is 0 Å². The number of aromatic nitrogens is 1. The van der Waals surface area contributed by atoms with E-state index in [1.54, 1.807) is 12.1 Å². The van der Waals surface area contributed by atoms with Crippen LogP contribution >= 0.6 is 0 Å². The molecule has 0 aliphatic carbocycles. The third-order valence-electron chi connectivity index (χ3n) is 3.32. The number of para-hydroxylation sites is 1. The summed E-state index contributed by atoms with van der Waals surface area (Å²) in [6, 6.07) is 4.92. The lowest BCUT2D eigenvalue weighted by Crippen LogP contribution is -2.20. The lowest BCUT2D eigenvalue weighted by Gasteiger charge is -2.17. The van der Waals surface area contributed by atoms with Crippen molar-refractivity contribution in [3.8, 4) is 0 Å². The van der Waals surface area contributed by atoms with Gasteiger partial charge in [-0.1, -0.05) is 6.07 Å². The third kappa shape index (κ3) is 1.59. The fraction of sp³-hybridized carbons (Fsp3) is 0.385. The van der Waals surface area contributed by atoms with Gasteiger partial charge in [0.25, 0.3) is 0 Å². The van der Waals surface area contributed by atoms with Crippen molar-refractivity contribution in [1.82, 2.24) is 4.98 Å². The molecule has 0 bridgehead atoms. The average molecular weight is 247 g/mol. The van der Waals surface area contributed by atoms with Gasteiger partial charge in [0.2, 0.25) is 5.89 Å². The van der Waals surface area contributed by atoms with Gasteiger partial charge in [0.05, 0.1) is 0 Å². The van der Waals surface area contributed by atoms with Gasteiger partial charge in [-0.15, -0.1) is 0 Å². The highest BCUT2D eigenvalue weighted by Gasteiger charge is 2.37. The first-order chi connectivity index (χ1) is 8.60. The van der Waals surface area contributed by atoms with E-state index in [0.717, 1.165) is 12.8 Å². The van der Waals surface area contributed by atoms with E-state index in [9.17, 15) is 4.79 Å². The zero-order valence-electron chi connectivity index (χ0n) is 9.97. The van der Waals surface area contributed by atoms with Gasteiger partial charge in [-0.05, 0) is 31.9 Å². The standard InChI is InChI=1S/C13H13NO4/c1-13(6-3-7-17-13)12-14-9-5-2-4-8(11(15)16)10(9)18-12/h2,4-5H,3,6-7H2,1H3,(H,15,16). The quantitative estimate of drug-likeness (QED) is 0.882. The molecule has 1 atom stereocenters. The Labute approximate surface area is 103 Å². The van der Waals surface area contributed by atoms with Crippen LogP contribution in [0.2, 0.25) is 0 Å². The van der Waals surface area contributed by atoms with Crippen molar-refractivity contribution in [1.29, 1.82) is 0 Å². The van der Waals surface area contributed by atoms with Crippen LogP contribution in [0.1, 0.15) is 36.0 Å². The average Bonchev–Trinajstić information content (AvgIpc) is 2.94. The maximum Gasteiger partial charge on any atom is 0.339 e. The summed E-state index contributed by atoms with van der Waals surface area (Å²) in [5, 5.41) is 9.10. The van der Waals surface area contributed by atoms with Crippen molar-refractivity contribution in [2.45, 2.75) is 25.4 Å². The predicted octanol–water partition coefficient (Wildman–Crippen LogP) is 2.55. The van der Waals surface area contributed by atoms with Crippen molar-refractivity contribution in [2.24, 2.45) is 0 Å². The van der Waals surface area contributed by atoms with Gasteiger partial charge in [-0.25, -0.2) is 9.78 Å². The molecule has 5 nitrogen and oxygen atoms in total. The molecule has 0 radical (unpaired) electrons. The van der Waals surface area contributed by atoms with Gasteiger partial charge in [-0.3, -0.25) is 0 Å². The van der Waals surface area contributed by atoms with Crippen LogP contribution in [0.4, 0.5) is 0 Å². The van der Waals surface area contributed by atoms with Gasteiger partial charge >= 0.3 is 5.97 Å². The summed E-state index contributed by atoms with van der Waals surface area (Å²) in [6.07, 6.45) is 1.79. The minimum Gasteiger partial charge on any atom is -0.478 e. The molecule has 1 aliphatic rings. The number of carboxylic acids is 1. The van der Waals surface area contributed by atoms with E-state index in [0.29, 0.717) is 23.6 Å². The van der Waals surface area contributed by atoms with E-state index in [1.807, 2.05) is 6.92 Å². The minimum atomic E-state index is -1.01. The summed E-state index contributed by atoms with van der Waals surface area (Å²) >= 11 is 0. The van der Waals surface area contributed by atoms with Crippen molar-refractivity contribution in [3.63, 3.8) is 0 Å². The predicted molar refractivity (Wildman–Crippen MR) is 63.5 cm³/mol. The number of oxazole rings is 1. The van der Waals surface area contributed by atoms with Crippen molar-refractivity contribution in [3.05, 3.63) is 29.7 Å². The zero-order valence-corrected chi connectivity index (χ0v) is 9.97. The Morgan fingerprint density at radius 1 is 1.50 bits per heavy atom. The van der Waals surface area contributed by atoms with Crippen LogP contribution < -0.4 is 0 Å². The van der Waals surface area contributed by atoms with Gasteiger partial charge < -0.3 is 14.3 Å². The molecular weight excluding hydrogens is 234 g/mol. The van der Waals surface area contributed by atoms with E-state index in [2.05, 4.69) is 4.98 Å². The number of ether oxygens (including phenoxy) is 1. The summed E-state index contributed by atoms with van der Waals surface area (Å²) in [7, 11) is 0. The summed E-state index contributed by atoms with van der Waals surface area (Å²) in [5.41, 5.74) is 0.473. The van der Waals surface area contributed by atoms with Crippen molar-refractivity contribution < 1.29 is 19.1 Å². The molecule has 1 N–H and O–H groups in total. The molecule has 1 aromatic carbocycles. The monoisotopic (exact) mass is 247 g/mol. The van der Waals surface area contributed by atoms with Crippen molar-refractivity contribution >= 4 is 17.1 Å². The van der Waals surface area contributed by atoms with Gasteiger partial charge in [-0.2, -0.15) is 0 Å². The summed E-state index contributed by atoms with van der Waals surface area (Å²) in [4.78, 5) is 15.5. The van der Waals surface area contributed by atoms with Crippen LogP contribution in [-0.2, 0) is 10.3 Å². The van der Waals surface area contributed by atoms with E-state index < -0.39 is 11.6 Å². The second-order valence-corrected chi connectivity index (χ2v) is 4.66.